The van der Waals surface area contributed by atoms with Crippen LogP contribution in [0.25, 0.3) is 0 Å². The van der Waals surface area contributed by atoms with Crippen LogP contribution in [0.5, 0.6) is 0 Å². The first-order valence-electron chi connectivity index (χ1n) is 7.08. The van der Waals surface area contributed by atoms with E-state index in [0.29, 0.717) is 24.9 Å². The Bertz CT molecular complexity index is 569. The van der Waals surface area contributed by atoms with Gasteiger partial charge in [0.15, 0.2) is 0 Å². The van der Waals surface area contributed by atoms with Crippen molar-refractivity contribution >= 4 is 23.4 Å². The van der Waals surface area contributed by atoms with Gasteiger partial charge in [-0.1, -0.05) is 6.92 Å². The Morgan fingerprint density at radius 2 is 2.05 bits per heavy atom. The molecule has 0 bridgehead atoms. The number of hydrogen-bond acceptors (Lipinski definition) is 3. The van der Waals surface area contributed by atoms with E-state index in [1.54, 1.807) is 18.2 Å². The zero-order valence-corrected chi connectivity index (χ0v) is 12.0. The van der Waals surface area contributed by atoms with E-state index >= 15 is 0 Å². The Labute approximate surface area is 123 Å². The second-order valence-electron chi connectivity index (χ2n) is 4.95. The maximum atomic E-state index is 12.0. The molecule has 0 aliphatic carbocycles. The van der Waals surface area contributed by atoms with Crippen LogP contribution in [0.1, 0.15) is 35.7 Å². The van der Waals surface area contributed by atoms with Crippen molar-refractivity contribution in [3.63, 3.8) is 0 Å². The Kier molecular flexibility index (Phi) is 4.92. The molecule has 0 radical (unpaired) electrons. The summed E-state index contributed by atoms with van der Waals surface area (Å²) in [5.41, 5.74) is 2.19. The van der Waals surface area contributed by atoms with Crippen molar-refractivity contribution in [2.75, 3.05) is 18.4 Å². The van der Waals surface area contributed by atoms with Crippen LogP contribution in [0.3, 0.4) is 0 Å². The molecule has 0 saturated carbocycles. The molecule has 1 aliphatic heterocycles. The first-order chi connectivity index (χ1) is 10.1. The molecule has 21 heavy (non-hydrogen) atoms. The van der Waals surface area contributed by atoms with Crippen molar-refractivity contribution in [1.29, 1.82) is 0 Å². The van der Waals surface area contributed by atoms with E-state index in [1.807, 2.05) is 6.92 Å². The van der Waals surface area contributed by atoms with Crippen molar-refractivity contribution in [2.45, 2.75) is 26.2 Å². The van der Waals surface area contributed by atoms with E-state index in [4.69, 9.17) is 0 Å². The summed E-state index contributed by atoms with van der Waals surface area (Å²) in [6, 6.07) is 5.12. The average molecular weight is 289 g/mol. The van der Waals surface area contributed by atoms with Gasteiger partial charge in [0.05, 0.1) is 6.54 Å². The molecule has 0 saturated heterocycles. The number of carbonyl (C=O) groups excluding carboxylic acids is 3. The summed E-state index contributed by atoms with van der Waals surface area (Å²) >= 11 is 0. The minimum atomic E-state index is -0.290. The number of fused-ring (bicyclic) bond motifs is 1. The van der Waals surface area contributed by atoms with Crippen LogP contribution >= 0.6 is 0 Å². The maximum absolute atomic E-state index is 12.0. The third kappa shape index (κ3) is 4.05. The highest BCUT2D eigenvalue weighted by Gasteiger charge is 2.16. The van der Waals surface area contributed by atoms with Crippen molar-refractivity contribution in [3.8, 4) is 0 Å². The molecule has 1 heterocycles. The van der Waals surface area contributed by atoms with Gasteiger partial charge in [0, 0.05) is 24.2 Å². The monoisotopic (exact) mass is 289 g/mol. The summed E-state index contributed by atoms with van der Waals surface area (Å²) in [6.45, 7) is 2.53. The number of carbonyl (C=O) groups is 3. The van der Waals surface area contributed by atoms with E-state index in [0.717, 1.165) is 17.7 Å². The van der Waals surface area contributed by atoms with E-state index in [2.05, 4.69) is 16.0 Å². The number of hydrogen-bond donors (Lipinski definition) is 3. The molecule has 0 atom stereocenters. The van der Waals surface area contributed by atoms with Crippen LogP contribution in [0.2, 0.25) is 0 Å². The highest BCUT2D eigenvalue weighted by atomic mass is 16.2. The lowest BCUT2D eigenvalue weighted by molar-refractivity contribution is -0.120. The molecule has 2 rings (SSSR count). The van der Waals surface area contributed by atoms with Crippen molar-refractivity contribution in [2.24, 2.45) is 0 Å². The van der Waals surface area contributed by atoms with E-state index in [1.165, 1.54) is 0 Å². The van der Waals surface area contributed by atoms with Crippen LogP contribution in [-0.4, -0.2) is 30.8 Å². The number of benzene rings is 1. The van der Waals surface area contributed by atoms with Gasteiger partial charge in [0.1, 0.15) is 0 Å². The van der Waals surface area contributed by atoms with E-state index in [-0.39, 0.29) is 24.3 Å². The smallest absolute Gasteiger partial charge is 0.251 e. The summed E-state index contributed by atoms with van der Waals surface area (Å²) in [5.74, 6) is -0.496. The molecule has 0 fully saturated rings. The predicted octanol–water partition coefficient (Wildman–Crippen LogP) is 0.827. The SMILES string of the molecule is CCCNC(=O)CNC(=O)c1ccc2c(c1)CCC(=O)N2. The predicted molar refractivity (Wildman–Crippen MR) is 79.0 cm³/mol. The zero-order valence-electron chi connectivity index (χ0n) is 12.0. The third-order valence-electron chi connectivity index (χ3n) is 3.24. The second kappa shape index (κ2) is 6.88. The van der Waals surface area contributed by atoms with Gasteiger partial charge in [-0.2, -0.15) is 0 Å². The minimum absolute atomic E-state index is 0.00713. The molecule has 1 aromatic carbocycles. The first kappa shape index (κ1) is 15.0. The quantitative estimate of drug-likeness (QED) is 0.750. The molecule has 0 unspecified atom stereocenters. The van der Waals surface area contributed by atoms with Crippen LogP contribution in [0, 0.1) is 0 Å². The van der Waals surface area contributed by atoms with Crippen molar-refractivity contribution < 1.29 is 14.4 Å². The topological polar surface area (TPSA) is 87.3 Å². The molecular weight excluding hydrogens is 270 g/mol. The van der Waals surface area contributed by atoms with Crippen LogP contribution in [0.4, 0.5) is 5.69 Å². The molecule has 0 aromatic heterocycles. The van der Waals surface area contributed by atoms with Gasteiger partial charge in [-0.25, -0.2) is 0 Å². The normalized spacial score (nSPS) is 13.1. The van der Waals surface area contributed by atoms with Gasteiger partial charge < -0.3 is 16.0 Å². The molecular formula is C15H19N3O3. The molecule has 1 aliphatic rings. The lowest BCUT2D eigenvalue weighted by atomic mass is 10.00. The van der Waals surface area contributed by atoms with E-state index < -0.39 is 0 Å². The number of aryl methyl sites for hydroxylation is 1. The Hall–Kier alpha value is -2.37. The Morgan fingerprint density at radius 3 is 2.81 bits per heavy atom. The molecule has 0 spiro atoms. The fraction of sp³-hybridized carbons (Fsp3) is 0.400. The molecule has 6 nitrogen and oxygen atoms in total. The standard InChI is InChI=1S/C15H19N3O3/c1-2-7-16-14(20)9-17-15(21)11-3-5-12-10(8-11)4-6-13(19)18-12/h3,5,8H,2,4,6-7,9H2,1H3,(H,16,20)(H,17,21)(H,18,19). The number of rotatable bonds is 5. The summed E-state index contributed by atoms with van der Waals surface area (Å²) < 4.78 is 0. The molecule has 1 aromatic rings. The summed E-state index contributed by atoms with van der Waals surface area (Å²) in [4.78, 5) is 34.7. The van der Waals surface area contributed by atoms with Gasteiger partial charge in [0.2, 0.25) is 11.8 Å². The van der Waals surface area contributed by atoms with E-state index in [9.17, 15) is 14.4 Å². The number of nitrogens with one attached hydrogen (secondary N) is 3. The van der Waals surface area contributed by atoms with Gasteiger partial charge >= 0.3 is 0 Å². The Morgan fingerprint density at radius 1 is 1.24 bits per heavy atom. The second-order valence-corrected chi connectivity index (χ2v) is 4.95. The third-order valence-corrected chi connectivity index (χ3v) is 3.24. The number of anilines is 1. The fourth-order valence-corrected chi connectivity index (χ4v) is 2.11. The molecule has 6 heteroatoms. The van der Waals surface area contributed by atoms with Crippen LogP contribution in [0.15, 0.2) is 18.2 Å². The summed E-state index contributed by atoms with van der Waals surface area (Å²) in [7, 11) is 0. The summed E-state index contributed by atoms with van der Waals surface area (Å²) in [5, 5.41) is 8.04. The number of amides is 3. The average Bonchev–Trinajstić information content (AvgIpc) is 2.49. The van der Waals surface area contributed by atoms with Gasteiger partial charge in [0.25, 0.3) is 5.91 Å². The minimum Gasteiger partial charge on any atom is -0.355 e. The summed E-state index contributed by atoms with van der Waals surface area (Å²) in [6.07, 6.45) is 1.91. The maximum Gasteiger partial charge on any atom is 0.251 e. The first-order valence-corrected chi connectivity index (χ1v) is 7.08. The Balaban J connectivity index is 1.94. The molecule has 3 amide bonds. The van der Waals surface area contributed by atoms with Crippen LogP contribution < -0.4 is 16.0 Å². The van der Waals surface area contributed by atoms with Crippen molar-refractivity contribution in [3.05, 3.63) is 29.3 Å². The lowest BCUT2D eigenvalue weighted by Gasteiger charge is -2.17. The largest absolute Gasteiger partial charge is 0.355 e. The van der Waals surface area contributed by atoms with Gasteiger partial charge in [-0.15, -0.1) is 0 Å². The fourth-order valence-electron chi connectivity index (χ4n) is 2.11. The molecule has 112 valence electrons. The highest BCUT2D eigenvalue weighted by Crippen LogP contribution is 2.23. The lowest BCUT2D eigenvalue weighted by Crippen LogP contribution is -2.37. The van der Waals surface area contributed by atoms with Gasteiger partial charge in [-0.3, -0.25) is 14.4 Å². The zero-order chi connectivity index (χ0) is 15.2. The highest BCUT2D eigenvalue weighted by molar-refractivity contribution is 5.99. The van der Waals surface area contributed by atoms with Crippen LogP contribution in [-0.2, 0) is 16.0 Å². The van der Waals surface area contributed by atoms with Crippen molar-refractivity contribution in [1.82, 2.24) is 10.6 Å². The van der Waals surface area contributed by atoms with Gasteiger partial charge in [-0.05, 0) is 36.6 Å². The molecule has 3 N–H and O–H groups in total.